The average molecular weight is 214 g/mol. The molecule has 0 amide bonds. The van der Waals surface area contributed by atoms with Crippen LogP contribution >= 0.6 is 12.4 Å². The first-order valence-electron chi connectivity index (χ1n) is 4.84. The van der Waals surface area contributed by atoms with Gasteiger partial charge in [0, 0.05) is 0 Å². The maximum Gasteiger partial charge on any atom is 0.0735 e. The van der Waals surface area contributed by atoms with Crippen molar-refractivity contribution in [3.8, 4) is 0 Å². The van der Waals surface area contributed by atoms with Gasteiger partial charge in [0.05, 0.1) is 12.1 Å². The molecule has 0 bridgehead atoms. The van der Waals surface area contributed by atoms with Gasteiger partial charge < -0.3 is 10.4 Å². The van der Waals surface area contributed by atoms with Gasteiger partial charge in [-0.15, -0.1) is 12.4 Å². The van der Waals surface area contributed by atoms with E-state index in [1.807, 2.05) is 18.2 Å². The lowest BCUT2D eigenvalue weighted by Gasteiger charge is -2.29. The van der Waals surface area contributed by atoms with Crippen LogP contribution in [-0.4, -0.2) is 17.8 Å². The van der Waals surface area contributed by atoms with Gasteiger partial charge in [-0.1, -0.05) is 30.3 Å². The van der Waals surface area contributed by atoms with Crippen LogP contribution < -0.4 is 5.32 Å². The summed E-state index contributed by atoms with van der Waals surface area (Å²) in [5.74, 6) is 0. The molecule has 14 heavy (non-hydrogen) atoms. The van der Waals surface area contributed by atoms with E-state index in [4.69, 9.17) is 0 Å². The number of rotatable bonds is 1. The number of aliphatic hydroxyl groups excluding tert-OH is 1. The molecule has 2 rings (SSSR count). The van der Waals surface area contributed by atoms with E-state index >= 15 is 0 Å². The summed E-state index contributed by atoms with van der Waals surface area (Å²) in [6.45, 7) is 1.01. The summed E-state index contributed by atoms with van der Waals surface area (Å²) >= 11 is 0. The van der Waals surface area contributed by atoms with Crippen LogP contribution in [0.5, 0.6) is 0 Å². The van der Waals surface area contributed by atoms with Crippen molar-refractivity contribution in [2.75, 3.05) is 6.54 Å². The Kier molecular flexibility index (Phi) is 4.39. The minimum atomic E-state index is -0.226. The van der Waals surface area contributed by atoms with Crippen molar-refractivity contribution in [1.29, 1.82) is 0 Å². The molecule has 2 nitrogen and oxygen atoms in total. The molecule has 1 heterocycles. The molecular formula is C11H16ClNO. The van der Waals surface area contributed by atoms with E-state index in [0.717, 1.165) is 19.4 Å². The van der Waals surface area contributed by atoms with Crippen LogP contribution in [0.2, 0.25) is 0 Å². The SMILES string of the molecule is Cl.O[C@H]1CCCN[C@@H]1c1ccccc1. The van der Waals surface area contributed by atoms with Crippen molar-refractivity contribution in [2.24, 2.45) is 0 Å². The first-order chi connectivity index (χ1) is 6.38. The predicted molar refractivity (Wildman–Crippen MR) is 59.7 cm³/mol. The Hall–Kier alpha value is -0.570. The zero-order valence-corrected chi connectivity index (χ0v) is 8.83. The summed E-state index contributed by atoms with van der Waals surface area (Å²) in [5, 5.41) is 13.1. The summed E-state index contributed by atoms with van der Waals surface area (Å²) < 4.78 is 0. The van der Waals surface area contributed by atoms with E-state index in [2.05, 4.69) is 17.4 Å². The number of hydrogen-bond acceptors (Lipinski definition) is 2. The van der Waals surface area contributed by atoms with E-state index in [-0.39, 0.29) is 24.6 Å². The number of nitrogens with one attached hydrogen (secondary N) is 1. The molecule has 1 aromatic rings. The highest BCUT2D eigenvalue weighted by atomic mass is 35.5. The van der Waals surface area contributed by atoms with Gasteiger partial charge in [-0.2, -0.15) is 0 Å². The Morgan fingerprint density at radius 3 is 2.57 bits per heavy atom. The van der Waals surface area contributed by atoms with Crippen LogP contribution in [0.25, 0.3) is 0 Å². The van der Waals surface area contributed by atoms with Crippen molar-refractivity contribution in [3.63, 3.8) is 0 Å². The first kappa shape index (κ1) is 11.5. The van der Waals surface area contributed by atoms with Crippen LogP contribution in [0.3, 0.4) is 0 Å². The van der Waals surface area contributed by atoms with E-state index in [1.54, 1.807) is 0 Å². The summed E-state index contributed by atoms with van der Waals surface area (Å²) in [4.78, 5) is 0. The van der Waals surface area contributed by atoms with E-state index in [0.29, 0.717) is 0 Å². The fourth-order valence-corrected chi connectivity index (χ4v) is 1.87. The fraction of sp³-hybridized carbons (Fsp3) is 0.455. The molecule has 0 saturated carbocycles. The van der Waals surface area contributed by atoms with Crippen molar-refractivity contribution in [1.82, 2.24) is 5.32 Å². The normalized spacial score (nSPS) is 26.6. The molecule has 2 atom stereocenters. The van der Waals surface area contributed by atoms with Crippen molar-refractivity contribution in [3.05, 3.63) is 35.9 Å². The Morgan fingerprint density at radius 1 is 1.21 bits per heavy atom. The molecule has 1 aliphatic rings. The quantitative estimate of drug-likeness (QED) is 0.747. The molecule has 0 aliphatic carbocycles. The third kappa shape index (κ3) is 2.47. The van der Waals surface area contributed by atoms with Crippen LogP contribution in [0.15, 0.2) is 30.3 Å². The first-order valence-corrected chi connectivity index (χ1v) is 4.84. The molecule has 0 unspecified atom stereocenters. The molecule has 2 N–H and O–H groups in total. The molecule has 0 aromatic heterocycles. The monoisotopic (exact) mass is 213 g/mol. The molecule has 1 fully saturated rings. The second-order valence-corrected chi connectivity index (χ2v) is 3.55. The number of piperidine rings is 1. The highest BCUT2D eigenvalue weighted by Crippen LogP contribution is 2.22. The number of benzene rings is 1. The van der Waals surface area contributed by atoms with Crippen molar-refractivity contribution < 1.29 is 5.11 Å². The summed E-state index contributed by atoms with van der Waals surface area (Å²) in [6.07, 6.45) is 1.76. The lowest BCUT2D eigenvalue weighted by atomic mass is 9.95. The average Bonchev–Trinajstić information content (AvgIpc) is 2.20. The van der Waals surface area contributed by atoms with Gasteiger partial charge in [0.1, 0.15) is 0 Å². The second-order valence-electron chi connectivity index (χ2n) is 3.55. The topological polar surface area (TPSA) is 32.3 Å². The molecule has 1 saturated heterocycles. The van der Waals surface area contributed by atoms with Crippen LogP contribution in [0, 0.1) is 0 Å². The molecule has 0 radical (unpaired) electrons. The van der Waals surface area contributed by atoms with Crippen molar-refractivity contribution >= 4 is 12.4 Å². The van der Waals surface area contributed by atoms with E-state index < -0.39 is 0 Å². The van der Waals surface area contributed by atoms with Gasteiger partial charge in [-0.05, 0) is 24.9 Å². The van der Waals surface area contributed by atoms with Crippen molar-refractivity contribution in [2.45, 2.75) is 25.0 Å². The molecule has 1 aromatic carbocycles. The summed E-state index contributed by atoms with van der Waals surface area (Å²) in [5.41, 5.74) is 1.19. The Bertz CT molecular complexity index is 265. The third-order valence-corrected chi connectivity index (χ3v) is 2.58. The maximum absolute atomic E-state index is 9.76. The molecule has 3 heteroatoms. The van der Waals surface area contributed by atoms with Gasteiger partial charge in [0.25, 0.3) is 0 Å². The molecule has 0 spiro atoms. The Balaban J connectivity index is 0.000000980. The number of halogens is 1. The highest BCUT2D eigenvalue weighted by molar-refractivity contribution is 5.85. The summed E-state index contributed by atoms with van der Waals surface area (Å²) in [6, 6.07) is 10.3. The van der Waals surface area contributed by atoms with Gasteiger partial charge >= 0.3 is 0 Å². The third-order valence-electron chi connectivity index (χ3n) is 2.58. The minimum absolute atomic E-state index is 0. The zero-order chi connectivity index (χ0) is 9.10. The zero-order valence-electron chi connectivity index (χ0n) is 8.02. The largest absolute Gasteiger partial charge is 0.391 e. The number of hydrogen-bond donors (Lipinski definition) is 2. The van der Waals surface area contributed by atoms with Crippen LogP contribution in [0.4, 0.5) is 0 Å². The van der Waals surface area contributed by atoms with Crippen LogP contribution in [-0.2, 0) is 0 Å². The molecule has 78 valence electrons. The Labute approximate surface area is 90.7 Å². The van der Waals surface area contributed by atoms with Gasteiger partial charge in [-0.3, -0.25) is 0 Å². The second kappa shape index (κ2) is 5.35. The van der Waals surface area contributed by atoms with E-state index in [1.165, 1.54) is 5.56 Å². The van der Waals surface area contributed by atoms with Gasteiger partial charge in [-0.25, -0.2) is 0 Å². The Morgan fingerprint density at radius 2 is 1.93 bits per heavy atom. The maximum atomic E-state index is 9.76. The van der Waals surface area contributed by atoms with Gasteiger partial charge in [0.15, 0.2) is 0 Å². The standard InChI is InChI=1S/C11H15NO.ClH/c13-10-7-4-8-12-11(10)9-5-2-1-3-6-9;/h1-3,5-6,10-13H,4,7-8H2;1H/t10-,11+;/m0./s1. The van der Waals surface area contributed by atoms with Gasteiger partial charge in [0.2, 0.25) is 0 Å². The summed E-state index contributed by atoms with van der Waals surface area (Å²) in [7, 11) is 0. The molecular weight excluding hydrogens is 198 g/mol. The lowest BCUT2D eigenvalue weighted by molar-refractivity contribution is 0.0965. The van der Waals surface area contributed by atoms with E-state index in [9.17, 15) is 5.11 Å². The predicted octanol–water partition coefficient (Wildman–Crippen LogP) is 1.89. The lowest BCUT2D eigenvalue weighted by Crippen LogP contribution is -2.37. The highest BCUT2D eigenvalue weighted by Gasteiger charge is 2.23. The molecule has 1 aliphatic heterocycles. The fourth-order valence-electron chi connectivity index (χ4n) is 1.87. The smallest absolute Gasteiger partial charge is 0.0735 e. The minimum Gasteiger partial charge on any atom is -0.391 e. The van der Waals surface area contributed by atoms with Crippen LogP contribution in [0.1, 0.15) is 24.4 Å². The number of aliphatic hydroxyl groups is 1.